The van der Waals surface area contributed by atoms with Gasteiger partial charge in [0.25, 0.3) is 0 Å². The molecule has 1 aromatic carbocycles. The first-order valence-electron chi connectivity index (χ1n) is 7.30. The number of hydrogen-bond acceptors (Lipinski definition) is 2. The molecule has 1 unspecified atom stereocenters. The Bertz CT molecular complexity index is 514. The lowest BCUT2D eigenvalue weighted by atomic mass is 9.97. The van der Waals surface area contributed by atoms with Crippen LogP contribution < -0.4 is 5.32 Å². The Kier molecular flexibility index (Phi) is 5.31. The monoisotopic (exact) mass is 268 g/mol. The maximum Gasteiger partial charge on any atom is 0.0299 e. The summed E-state index contributed by atoms with van der Waals surface area (Å²) in [5, 5.41) is 3.44. The zero-order valence-electron chi connectivity index (χ0n) is 12.7. The highest BCUT2D eigenvalue weighted by molar-refractivity contribution is 5.29. The number of aryl methyl sites for hydroxylation is 3. The van der Waals surface area contributed by atoms with Gasteiger partial charge in [-0.3, -0.25) is 4.98 Å². The molecule has 1 heterocycles. The average molecular weight is 268 g/mol. The molecule has 0 aliphatic heterocycles. The molecule has 20 heavy (non-hydrogen) atoms. The van der Waals surface area contributed by atoms with Crippen molar-refractivity contribution >= 4 is 0 Å². The quantitative estimate of drug-likeness (QED) is 0.868. The minimum atomic E-state index is 0.511. The SMILES string of the molecule is CNC(CCc1cccnc1)Cc1cc(C)cc(C)c1. The van der Waals surface area contributed by atoms with Crippen LogP contribution >= 0.6 is 0 Å². The summed E-state index contributed by atoms with van der Waals surface area (Å²) < 4.78 is 0. The Labute approximate surface area is 122 Å². The van der Waals surface area contributed by atoms with E-state index in [2.05, 4.69) is 55.5 Å². The first kappa shape index (κ1) is 14.7. The van der Waals surface area contributed by atoms with Crippen molar-refractivity contribution < 1.29 is 0 Å². The summed E-state index contributed by atoms with van der Waals surface area (Å²) in [5.74, 6) is 0. The molecular weight excluding hydrogens is 244 g/mol. The highest BCUT2D eigenvalue weighted by Gasteiger charge is 2.08. The van der Waals surface area contributed by atoms with Gasteiger partial charge in [0.1, 0.15) is 0 Å². The molecule has 1 aromatic heterocycles. The summed E-state index contributed by atoms with van der Waals surface area (Å²) in [4.78, 5) is 4.18. The van der Waals surface area contributed by atoms with Gasteiger partial charge in [0.2, 0.25) is 0 Å². The van der Waals surface area contributed by atoms with E-state index in [0.717, 1.165) is 19.3 Å². The predicted octanol–water partition coefficient (Wildman–Crippen LogP) is 3.46. The number of likely N-dealkylation sites (N-methyl/N-ethyl adjacent to an activating group) is 1. The van der Waals surface area contributed by atoms with Crippen molar-refractivity contribution in [2.75, 3.05) is 7.05 Å². The van der Waals surface area contributed by atoms with Crippen LogP contribution in [0.4, 0.5) is 0 Å². The summed E-state index contributed by atoms with van der Waals surface area (Å²) in [6.07, 6.45) is 7.08. The van der Waals surface area contributed by atoms with E-state index in [-0.39, 0.29) is 0 Å². The van der Waals surface area contributed by atoms with Gasteiger partial charge in [0, 0.05) is 18.4 Å². The van der Waals surface area contributed by atoms with Gasteiger partial charge >= 0.3 is 0 Å². The van der Waals surface area contributed by atoms with Gasteiger partial charge in [-0.2, -0.15) is 0 Å². The van der Waals surface area contributed by atoms with Gasteiger partial charge in [0.05, 0.1) is 0 Å². The summed E-state index contributed by atoms with van der Waals surface area (Å²) >= 11 is 0. The standard InChI is InChI=1S/C18H24N2/c1-14-9-15(2)11-17(10-14)12-18(19-3)7-6-16-5-4-8-20-13-16/h4-5,8-11,13,18-19H,6-7,12H2,1-3H3. The van der Waals surface area contributed by atoms with Crippen molar-refractivity contribution in [2.24, 2.45) is 0 Å². The van der Waals surface area contributed by atoms with Crippen LogP contribution in [0.25, 0.3) is 0 Å². The van der Waals surface area contributed by atoms with Gasteiger partial charge in [0.15, 0.2) is 0 Å². The van der Waals surface area contributed by atoms with Crippen molar-refractivity contribution in [3.8, 4) is 0 Å². The molecule has 0 spiro atoms. The van der Waals surface area contributed by atoms with Crippen molar-refractivity contribution in [3.63, 3.8) is 0 Å². The number of hydrogen-bond donors (Lipinski definition) is 1. The van der Waals surface area contributed by atoms with Crippen LogP contribution in [0, 0.1) is 13.8 Å². The molecule has 0 aliphatic rings. The fourth-order valence-electron chi connectivity index (χ4n) is 2.71. The van der Waals surface area contributed by atoms with E-state index in [9.17, 15) is 0 Å². The second-order valence-corrected chi connectivity index (χ2v) is 5.59. The fourth-order valence-corrected chi connectivity index (χ4v) is 2.71. The lowest BCUT2D eigenvalue weighted by Gasteiger charge is -2.17. The minimum absolute atomic E-state index is 0.511. The summed E-state index contributed by atoms with van der Waals surface area (Å²) in [7, 11) is 2.05. The van der Waals surface area contributed by atoms with Crippen LogP contribution in [0.2, 0.25) is 0 Å². The Morgan fingerprint density at radius 1 is 1.10 bits per heavy atom. The second kappa shape index (κ2) is 7.20. The van der Waals surface area contributed by atoms with E-state index >= 15 is 0 Å². The molecule has 0 saturated heterocycles. The highest BCUT2D eigenvalue weighted by atomic mass is 14.9. The molecule has 2 nitrogen and oxygen atoms in total. The molecular formula is C18H24N2. The summed E-state index contributed by atoms with van der Waals surface area (Å²) in [6, 6.07) is 11.5. The second-order valence-electron chi connectivity index (χ2n) is 5.59. The number of aromatic nitrogens is 1. The zero-order chi connectivity index (χ0) is 14.4. The van der Waals surface area contributed by atoms with Crippen LogP contribution in [0.1, 0.15) is 28.7 Å². The molecule has 0 radical (unpaired) electrons. The molecule has 0 amide bonds. The molecule has 0 bridgehead atoms. The van der Waals surface area contributed by atoms with Crippen molar-refractivity contribution in [1.82, 2.24) is 10.3 Å². The van der Waals surface area contributed by atoms with Gasteiger partial charge < -0.3 is 5.32 Å². The number of nitrogens with zero attached hydrogens (tertiary/aromatic N) is 1. The largest absolute Gasteiger partial charge is 0.317 e. The Hall–Kier alpha value is -1.67. The van der Waals surface area contributed by atoms with E-state index in [1.165, 1.54) is 22.3 Å². The Morgan fingerprint density at radius 2 is 1.85 bits per heavy atom. The third-order valence-corrected chi connectivity index (χ3v) is 3.68. The molecule has 2 heteroatoms. The molecule has 1 N–H and O–H groups in total. The molecule has 0 fully saturated rings. The van der Waals surface area contributed by atoms with E-state index in [4.69, 9.17) is 0 Å². The van der Waals surface area contributed by atoms with Crippen LogP contribution in [0.15, 0.2) is 42.7 Å². The van der Waals surface area contributed by atoms with Gasteiger partial charge in [-0.25, -0.2) is 0 Å². The van der Waals surface area contributed by atoms with E-state index in [1.807, 2.05) is 18.5 Å². The molecule has 2 rings (SSSR count). The normalized spacial score (nSPS) is 12.3. The van der Waals surface area contributed by atoms with Gasteiger partial charge in [-0.1, -0.05) is 35.4 Å². The zero-order valence-corrected chi connectivity index (χ0v) is 12.7. The Morgan fingerprint density at radius 3 is 2.45 bits per heavy atom. The third kappa shape index (κ3) is 4.46. The summed E-state index contributed by atoms with van der Waals surface area (Å²) in [5.41, 5.74) is 5.44. The first-order valence-corrected chi connectivity index (χ1v) is 7.30. The van der Waals surface area contributed by atoms with Crippen LogP contribution in [0.3, 0.4) is 0 Å². The highest BCUT2D eigenvalue weighted by Crippen LogP contribution is 2.13. The fraction of sp³-hybridized carbons (Fsp3) is 0.389. The maximum absolute atomic E-state index is 4.18. The topological polar surface area (TPSA) is 24.9 Å². The van der Waals surface area contributed by atoms with E-state index < -0.39 is 0 Å². The third-order valence-electron chi connectivity index (χ3n) is 3.68. The lowest BCUT2D eigenvalue weighted by Crippen LogP contribution is -2.28. The predicted molar refractivity (Wildman–Crippen MR) is 85.0 cm³/mol. The lowest BCUT2D eigenvalue weighted by molar-refractivity contribution is 0.519. The van der Waals surface area contributed by atoms with E-state index in [0.29, 0.717) is 6.04 Å². The van der Waals surface area contributed by atoms with Gasteiger partial charge in [-0.15, -0.1) is 0 Å². The smallest absolute Gasteiger partial charge is 0.0299 e. The molecule has 2 aromatic rings. The molecule has 1 atom stereocenters. The number of benzene rings is 1. The molecule has 0 saturated carbocycles. The number of nitrogens with one attached hydrogen (secondary N) is 1. The minimum Gasteiger partial charge on any atom is -0.317 e. The molecule has 0 aliphatic carbocycles. The van der Waals surface area contributed by atoms with Crippen molar-refractivity contribution in [3.05, 3.63) is 65.0 Å². The van der Waals surface area contributed by atoms with Crippen molar-refractivity contribution in [2.45, 2.75) is 39.2 Å². The Balaban J connectivity index is 1.95. The first-order chi connectivity index (χ1) is 9.67. The van der Waals surface area contributed by atoms with Crippen LogP contribution in [-0.2, 0) is 12.8 Å². The average Bonchev–Trinajstić information content (AvgIpc) is 2.43. The van der Waals surface area contributed by atoms with Crippen LogP contribution in [0.5, 0.6) is 0 Å². The number of rotatable bonds is 6. The van der Waals surface area contributed by atoms with E-state index in [1.54, 1.807) is 0 Å². The summed E-state index contributed by atoms with van der Waals surface area (Å²) in [6.45, 7) is 4.33. The van der Waals surface area contributed by atoms with Gasteiger partial charge in [-0.05, 0) is 57.4 Å². The maximum atomic E-state index is 4.18. The number of pyridine rings is 1. The van der Waals surface area contributed by atoms with Crippen molar-refractivity contribution in [1.29, 1.82) is 0 Å². The molecule has 106 valence electrons. The van der Waals surface area contributed by atoms with Crippen LogP contribution in [-0.4, -0.2) is 18.1 Å².